The number of carbonyl (C=O) groups is 1. The first-order chi connectivity index (χ1) is 17.2. The number of likely N-dealkylation sites (tertiary alicyclic amines) is 1. The van der Waals surface area contributed by atoms with Gasteiger partial charge in [-0.3, -0.25) is 14.7 Å². The van der Waals surface area contributed by atoms with E-state index in [4.69, 9.17) is 10.5 Å². The minimum Gasteiger partial charge on any atom is -0.382 e. The van der Waals surface area contributed by atoms with E-state index in [1.165, 1.54) is 37.9 Å². The lowest BCUT2D eigenvalue weighted by Gasteiger charge is -2.30. The van der Waals surface area contributed by atoms with Gasteiger partial charge in [-0.25, -0.2) is 9.97 Å². The maximum atomic E-state index is 13.3. The standard InChI is InChI=1S/C27H32N6O2/c28-27-26(25(34)16-22-17-29-9-8-24(22)33-12-14-35-15-13-33)31-23(18-30-27)21-6-4-20(5-7-21)19-32-10-2-1-3-11-32/h4-9,17-18H,1-3,10-16,19H2,(H2,28,30). The minimum atomic E-state index is -0.166. The van der Waals surface area contributed by atoms with Crippen LogP contribution in [0.2, 0.25) is 0 Å². The van der Waals surface area contributed by atoms with Crippen LogP contribution >= 0.6 is 0 Å². The fourth-order valence-electron chi connectivity index (χ4n) is 4.82. The van der Waals surface area contributed by atoms with E-state index in [1.54, 1.807) is 18.6 Å². The van der Waals surface area contributed by atoms with Gasteiger partial charge in [-0.15, -0.1) is 0 Å². The molecule has 5 rings (SSSR count). The van der Waals surface area contributed by atoms with Crippen LogP contribution in [0.3, 0.4) is 0 Å². The van der Waals surface area contributed by atoms with Crippen LogP contribution in [0.4, 0.5) is 11.5 Å². The lowest BCUT2D eigenvalue weighted by Crippen LogP contribution is -2.37. The Balaban J connectivity index is 1.32. The summed E-state index contributed by atoms with van der Waals surface area (Å²) in [7, 11) is 0. The fraction of sp³-hybridized carbons (Fsp3) is 0.407. The number of pyridine rings is 1. The maximum Gasteiger partial charge on any atom is 0.189 e. The first kappa shape index (κ1) is 23.4. The third kappa shape index (κ3) is 5.66. The highest BCUT2D eigenvalue weighted by molar-refractivity contribution is 6.00. The largest absolute Gasteiger partial charge is 0.382 e. The van der Waals surface area contributed by atoms with E-state index >= 15 is 0 Å². The van der Waals surface area contributed by atoms with Gasteiger partial charge in [0.1, 0.15) is 5.69 Å². The molecule has 0 saturated carbocycles. The highest BCUT2D eigenvalue weighted by Gasteiger charge is 2.20. The predicted octanol–water partition coefficient (Wildman–Crippen LogP) is 3.37. The van der Waals surface area contributed by atoms with Gasteiger partial charge in [-0.2, -0.15) is 0 Å². The number of morpholine rings is 1. The summed E-state index contributed by atoms with van der Waals surface area (Å²) < 4.78 is 5.47. The lowest BCUT2D eigenvalue weighted by atomic mass is 10.0. The third-order valence-corrected chi connectivity index (χ3v) is 6.75. The normalized spacial score (nSPS) is 16.9. The fourth-order valence-corrected chi connectivity index (χ4v) is 4.82. The number of ether oxygens (including phenoxy) is 1. The van der Waals surface area contributed by atoms with Crippen molar-refractivity contribution in [2.75, 3.05) is 50.0 Å². The smallest absolute Gasteiger partial charge is 0.189 e. The number of piperidine rings is 1. The summed E-state index contributed by atoms with van der Waals surface area (Å²) in [5.41, 5.74) is 11.0. The van der Waals surface area contributed by atoms with Crippen LogP contribution in [0.25, 0.3) is 11.3 Å². The highest BCUT2D eigenvalue weighted by atomic mass is 16.5. The van der Waals surface area contributed by atoms with Crippen molar-refractivity contribution in [3.63, 3.8) is 0 Å². The minimum absolute atomic E-state index is 0.150. The Kier molecular flexibility index (Phi) is 7.30. The van der Waals surface area contributed by atoms with Gasteiger partial charge >= 0.3 is 0 Å². The monoisotopic (exact) mass is 472 g/mol. The molecule has 2 aliphatic rings. The molecule has 2 aromatic heterocycles. The number of nitrogen functional groups attached to an aromatic ring is 1. The van der Waals surface area contributed by atoms with E-state index < -0.39 is 0 Å². The molecule has 0 aliphatic carbocycles. The van der Waals surface area contributed by atoms with Crippen molar-refractivity contribution in [1.29, 1.82) is 0 Å². The van der Waals surface area contributed by atoms with Crippen LogP contribution in [-0.4, -0.2) is 65.0 Å². The van der Waals surface area contributed by atoms with Gasteiger partial charge in [-0.05, 0) is 37.6 Å². The van der Waals surface area contributed by atoms with E-state index in [1.807, 2.05) is 18.2 Å². The Labute approximate surface area is 206 Å². The molecule has 0 unspecified atom stereocenters. The second-order valence-electron chi connectivity index (χ2n) is 9.23. The van der Waals surface area contributed by atoms with Gasteiger partial charge in [0.05, 0.1) is 25.1 Å². The van der Waals surface area contributed by atoms with Crippen molar-refractivity contribution in [2.45, 2.75) is 32.2 Å². The summed E-state index contributed by atoms with van der Waals surface area (Å²) in [6.45, 7) is 6.22. The number of nitrogens with zero attached hydrogens (tertiary/aromatic N) is 5. The first-order valence-electron chi connectivity index (χ1n) is 12.4. The Morgan fingerprint density at radius 3 is 2.51 bits per heavy atom. The van der Waals surface area contributed by atoms with Crippen LogP contribution in [0.1, 0.15) is 40.9 Å². The third-order valence-electron chi connectivity index (χ3n) is 6.75. The van der Waals surface area contributed by atoms with Crippen LogP contribution in [0.5, 0.6) is 0 Å². The molecule has 0 amide bonds. The molecule has 2 saturated heterocycles. The molecule has 2 aliphatic heterocycles. The topological polar surface area (TPSA) is 97.5 Å². The van der Waals surface area contributed by atoms with E-state index in [2.05, 4.69) is 36.9 Å². The van der Waals surface area contributed by atoms with Crippen molar-refractivity contribution >= 4 is 17.3 Å². The molecule has 0 atom stereocenters. The molecule has 8 heteroatoms. The van der Waals surface area contributed by atoms with Crippen LogP contribution in [-0.2, 0) is 17.7 Å². The molecule has 8 nitrogen and oxygen atoms in total. The van der Waals surface area contributed by atoms with E-state index in [0.29, 0.717) is 18.9 Å². The average Bonchev–Trinajstić information content (AvgIpc) is 2.91. The molecule has 1 aromatic carbocycles. The van der Waals surface area contributed by atoms with Crippen molar-refractivity contribution in [1.82, 2.24) is 19.9 Å². The molecule has 2 fully saturated rings. The number of benzene rings is 1. The zero-order valence-electron chi connectivity index (χ0n) is 20.0. The number of aromatic nitrogens is 3. The highest BCUT2D eigenvalue weighted by Crippen LogP contribution is 2.24. The van der Waals surface area contributed by atoms with Crippen molar-refractivity contribution < 1.29 is 9.53 Å². The summed E-state index contributed by atoms with van der Waals surface area (Å²) in [4.78, 5) is 31.2. The molecule has 0 radical (unpaired) electrons. The lowest BCUT2D eigenvalue weighted by molar-refractivity contribution is 0.0988. The van der Waals surface area contributed by atoms with E-state index in [9.17, 15) is 4.79 Å². The number of hydrogen-bond acceptors (Lipinski definition) is 8. The number of rotatable bonds is 7. The zero-order valence-corrected chi connectivity index (χ0v) is 20.0. The Morgan fingerprint density at radius 1 is 0.971 bits per heavy atom. The number of Topliss-reactive ketones (excluding diaryl/α,β-unsaturated/α-hetero) is 1. The van der Waals surface area contributed by atoms with Gasteiger partial charge in [0, 0.05) is 55.3 Å². The summed E-state index contributed by atoms with van der Waals surface area (Å²) in [6, 6.07) is 10.3. The average molecular weight is 473 g/mol. The van der Waals surface area contributed by atoms with Gasteiger partial charge in [-0.1, -0.05) is 30.7 Å². The number of hydrogen-bond donors (Lipinski definition) is 1. The van der Waals surface area contributed by atoms with Crippen LogP contribution < -0.4 is 10.6 Å². The van der Waals surface area contributed by atoms with Crippen LogP contribution in [0, 0.1) is 0 Å². The predicted molar refractivity (Wildman–Crippen MR) is 136 cm³/mol. The SMILES string of the molecule is Nc1ncc(-c2ccc(CN3CCCCC3)cc2)nc1C(=O)Cc1cnccc1N1CCOCC1. The number of nitrogens with two attached hydrogens (primary N) is 1. The summed E-state index contributed by atoms with van der Waals surface area (Å²) in [5, 5.41) is 0. The Bertz CT molecular complexity index is 1150. The second-order valence-corrected chi connectivity index (χ2v) is 9.23. The molecular formula is C27H32N6O2. The summed E-state index contributed by atoms with van der Waals surface area (Å²) in [6.07, 6.45) is 9.19. The van der Waals surface area contributed by atoms with E-state index in [-0.39, 0.29) is 23.7 Å². The first-order valence-corrected chi connectivity index (χ1v) is 12.4. The second kappa shape index (κ2) is 10.9. The van der Waals surface area contributed by atoms with Gasteiger partial charge in [0.2, 0.25) is 0 Å². The number of ketones is 1. The molecule has 2 N–H and O–H groups in total. The summed E-state index contributed by atoms with van der Waals surface area (Å²) >= 11 is 0. The maximum absolute atomic E-state index is 13.3. The number of anilines is 2. The molecule has 0 spiro atoms. The Morgan fingerprint density at radius 2 is 1.74 bits per heavy atom. The molecule has 4 heterocycles. The van der Waals surface area contributed by atoms with Crippen LogP contribution in [0.15, 0.2) is 48.9 Å². The Hall–Kier alpha value is -3.36. The molecule has 0 bridgehead atoms. The van der Waals surface area contributed by atoms with Crippen molar-refractivity contribution in [3.05, 3.63) is 65.7 Å². The van der Waals surface area contributed by atoms with Crippen molar-refractivity contribution in [2.24, 2.45) is 0 Å². The van der Waals surface area contributed by atoms with E-state index in [0.717, 1.165) is 36.4 Å². The summed E-state index contributed by atoms with van der Waals surface area (Å²) in [5.74, 6) is -0.0154. The molecule has 3 aromatic rings. The zero-order chi connectivity index (χ0) is 24.0. The molecule has 182 valence electrons. The quantitative estimate of drug-likeness (QED) is 0.523. The van der Waals surface area contributed by atoms with Gasteiger partial charge in [0.25, 0.3) is 0 Å². The van der Waals surface area contributed by atoms with Gasteiger partial charge in [0.15, 0.2) is 11.6 Å². The van der Waals surface area contributed by atoms with Gasteiger partial charge < -0.3 is 15.4 Å². The van der Waals surface area contributed by atoms with Crippen molar-refractivity contribution in [3.8, 4) is 11.3 Å². The molecule has 35 heavy (non-hydrogen) atoms. The molecular weight excluding hydrogens is 440 g/mol. The number of carbonyl (C=O) groups excluding carboxylic acids is 1.